The highest BCUT2D eigenvalue weighted by Crippen LogP contribution is 2.08. The van der Waals surface area contributed by atoms with Crippen LogP contribution in [0.1, 0.15) is 6.92 Å². The van der Waals surface area contributed by atoms with Crippen molar-refractivity contribution in [3.05, 3.63) is 54.6 Å². The van der Waals surface area contributed by atoms with Gasteiger partial charge in [-0.05, 0) is 19.1 Å². The van der Waals surface area contributed by atoms with Crippen molar-refractivity contribution < 1.29 is 9.53 Å². The number of rotatable bonds is 3. The van der Waals surface area contributed by atoms with Crippen LogP contribution in [0.4, 0.5) is 0 Å². The minimum absolute atomic E-state index is 0.366. The second kappa shape index (κ2) is 5.75. The van der Waals surface area contributed by atoms with Gasteiger partial charge in [-0.1, -0.05) is 36.4 Å². The fourth-order valence-corrected chi connectivity index (χ4v) is 0.884. The number of hydrogen-bond donors (Lipinski definition) is 0. The van der Waals surface area contributed by atoms with Crippen LogP contribution in [0.2, 0.25) is 0 Å². The third kappa shape index (κ3) is 3.72. The lowest BCUT2D eigenvalue weighted by Gasteiger charge is -1.98. The Kier molecular flexibility index (Phi) is 4.21. The second-order valence-electron chi connectivity index (χ2n) is 2.62. The molecule has 0 saturated heterocycles. The van der Waals surface area contributed by atoms with Crippen LogP contribution in [0.3, 0.4) is 0 Å². The van der Waals surface area contributed by atoms with E-state index in [0.717, 1.165) is 0 Å². The number of carbonyl (C=O) groups excluding carboxylic acids is 1. The maximum atomic E-state index is 11.1. The predicted molar refractivity (Wildman–Crippen MR) is 56.0 cm³/mol. The van der Waals surface area contributed by atoms with E-state index in [4.69, 9.17) is 4.74 Å². The van der Waals surface area contributed by atoms with E-state index in [9.17, 15) is 4.79 Å². The molecule has 0 aromatic heterocycles. The van der Waals surface area contributed by atoms with Crippen LogP contribution in [0.5, 0.6) is 5.75 Å². The average molecular weight is 188 g/mol. The molecule has 0 aliphatic carbocycles. The second-order valence-corrected chi connectivity index (χ2v) is 2.62. The summed E-state index contributed by atoms with van der Waals surface area (Å²) >= 11 is 0. The largest absolute Gasteiger partial charge is 0.423 e. The number of allylic oxidation sites excluding steroid dienone is 3. The van der Waals surface area contributed by atoms with E-state index >= 15 is 0 Å². The topological polar surface area (TPSA) is 26.3 Å². The minimum atomic E-state index is -0.366. The first-order valence-corrected chi connectivity index (χ1v) is 4.39. The predicted octanol–water partition coefficient (Wildman–Crippen LogP) is 2.72. The van der Waals surface area contributed by atoms with Gasteiger partial charge in [0.15, 0.2) is 0 Å². The summed E-state index contributed by atoms with van der Waals surface area (Å²) in [4.78, 5) is 11.1. The zero-order chi connectivity index (χ0) is 10.2. The smallest absolute Gasteiger partial charge is 0.336 e. The number of carbonyl (C=O) groups is 1. The highest BCUT2D eigenvalue weighted by atomic mass is 16.5. The van der Waals surface area contributed by atoms with Crippen LogP contribution < -0.4 is 4.74 Å². The maximum Gasteiger partial charge on any atom is 0.336 e. The van der Waals surface area contributed by atoms with E-state index in [1.807, 2.05) is 31.2 Å². The van der Waals surface area contributed by atoms with Crippen LogP contribution >= 0.6 is 0 Å². The number of hydrogen-bond acceptors (Lipinski definition) is 2. The zero-order valence-corrected chi connectivity index (χ0v) is 8.01. The summed E-state index contributed by atoms with van der Waals surface area (Å²) in [6, 6.07) is 8.98. The highest BCUT2D eigenvalue weighted by Gasteiger charge is 1.97. The molecule has 1 aromatic carbocycles. The SMILES string of the molecule is CC=CC=CC(=O)Oc1ccccc1. The average Bonchev–Trinajstić information content (AvgIpc) is 2.20. The van der Waals surface area contributed by atoms with E-state index in [0.29, 0.717) is 5.75 Å². The first-order chi connectivity index (χ1) is 6.83. The lowest BCUT2D eigenvalue weighted by Crippen LogP contribution is -2.02. The summed E-state index contributed by atoms with van der Waals surface area (Å²) in [6.07, 6.45) is 6.64. The fraction of sp³-hybridized carbons (Fsp3) is 0.0833. The van der Waals surface area contributed by atoms with Crippen molar-refractivity contribution in [2.45, 2.75) is 6.92 Å². The Bertz CT molecular complexity index is 337. The van der Waals surface area contributed by atoms with E-state index < -0.39 is 0 Å². The first kappa shape index (κ1) is 10.3. The molecule has 0 radical (unpaired) electrons. The molecule has 2 nitrogen and oxygen atoms in total. The number of ether oxygens (including phenoxy) is 1. The summed E-state index contributed by atoms with van der Waals surface area (Å²) in [6.45, 7) is 1.88. The molecule has 0 atom stereocenters. The van der Waals surface area contributed by atoms with Gasteiger partial charge in [0, 0.05) is 6.08 Å². The number of para-hydroxylation sites is 1. The molecular weight excluding hydrogens is 176 g/mol. The number of esters is 1. The van der Waals surface area contributed by atoms with Gasteiger partial charge in [-0.25, -0.2) is 4.79 Å². The summed E-state index contributed by atoms with van der Waals surface area (Å²) in [5, 5.41) is 0. The third-order valence-corrected chi connectivity index (χ3v) is 1.50. The quantitative estimate of drug-likeness (QED) is 0.315. The normalized spacial score (nSPS) is 10.9. The molecule has 0 N–H and O–H groups in total. The van der Waals surface area contributed by atoms with Crippen LogP contribution in [0.15, 0.2) is 54.6 Å². The standard InChI is InChI=1S/C12H12O2/c1-2-3-5-10-12(13)14-11-8-6-4-7-9-11/h2-10H,1H3. The Hall–Kier alpha value is -1.83. The van der Waals surface area contributed by atoms with Crippen molar-refractivity contribution in [2.75, 3.05) is 0 Å². The Morgan fingerprint density at radius 3 is 2.57 bits per heavy atom. The van der Waals surface area contributed by atoms with Gasteiger partial charge in [0.2, 0.25) is 0 Å². The van der Waals surface area contributed by atoms with Crippen molar-refractivity contribution in [1.82, 2.24) is 0 Å². The van der Waals surface area contributed by atoms with Gasteiger partial charge >= 0.3 is 5.97 Å². The molecule has 0 bridgehead atoms. The zero-order valence-electron chi connectivity index (χ0n) is 8.01. The van der Waals surface area contributed by atoms with Crippen molar-refractivity contribution in [2.24, 2.45) is 0 Å². The van der Waals surface area contributed by atoms with E-state index in [-0.39, 0.29) is 5.97 Å². The van der Waals surface area contributed by atoms with Crippen LogP contribution in [0, 0.1) is 0 Å². The van der Waals surface area contributed by atoms with E-state index in [1.165, 1.54) is 6.08 Å². The molecule has 0 unspecified atom stereocenters. The summed E-state index contributed by atoms with van der Waals surface area (Å²) in [5.74, 6) is 0.192. The molecule has 0 spiro atoms. The summed E-state index contributed by atoms with van der Waals surface area (Å²) in [7, 11) is 0. The lowest BCUT2D eigenvalue weighted by molar-refractivity contribution is -0.128. The monoisotopic (exact) mass is 188 g/mol. The Labute approximate surface area is 83.5 Å². The Balaban J connectivity index is 2.50. The molecule has 1 aromatic rings. The molecule has 2 heteroatoms. The van der Waals surface area contributed by atoms with Gasteiger partial charge in [-0.3, -0.25) is 0 Å². The molecular formula is C12H12O2. The molecule has 0 aliphatic heterocycles. The van der Waals surface area contributed by atoms with Crippen molar-refractivity contribution in [1.29, 1.82) is 0 Å². The van der Waals surface area contributed by atoms with Crippen LogP contribution in [0.25, 0.3) is 0 Å². The maximum absolute atomic E-state index is 11.1. The van der Waals surface area contributed by atoms with Gasteiger partial charge in [-0.15, -0.1) is 0 Å². The minimum Gasteiger partial charge on any atom is -0.423 e. The third-order valence-electron chi connectivity index (χ3n) is 1.50. The van der Waals surface area contributed by atoms with Crippen molar-refractivity contribution in [3.8, 4) is 5.75 Å². The van der Waals surface area contributed by atoms with Crippen LogP contribution in [-0.2, 0) is 4.79 Å². The molecule has 0 amide bonds. The Morgan fingerprint density at radius 1 is 1.21 bits per heavy atom. The first-order valence-electron chi connectivity index (χ1n) is 4.39. The van der Waals surface area contributed by atoms with Gasteiger partial charge in [0.25, 0.3) is 0 Å². The van der Waals surface area contributed by atoms with Crippen molar-refractivity contribution >= 4 is 5.97 Å². The molecule has 0 heterocycles. The van der Waals surface area contributed by atoms with Crippen molar-refractivity contribution in [3.63, 3.8) is 0 Å². The van der Waals surface area contributed by atoms with Gasteiger partial charge in [-0.2, -0.15) is 0 Å². The molecule has 0 aliphatic rings. The number of benzene rings is 1. The fourth-order valence-electron chi connectivity index (χ4n) is 0.884. The molecule has 1 rings (SSSR count). The summed E-state index contributed by atoms with van der Waals surface area (Å²) in [5.41, 5.74) is 0. The van der Waals surface area contributed by atoms with Gasteiger partial charge in [0.1, 0.15) is 5.75 Å². The molecule has 0 fully saturated rings. The lowest BCUT2D eigenvalue weighted by atomic mass is 10.3. The molecule has 0 saturated carbocycles. The van der Waals surface area contributed by atoms with E-state index in [1.54, 1.807) is 24.3 Å². The molecule has 72 valence electrons. The summed E-state index contributed by atoms with van der Waals surface area (Å²) < 4.78 is 5.00. The highest BCUT2D eigenvalue weighted by molar-refractivity contribution is 5.84. The van der Waals surface area contributed by atoms with Crippen LogP contribution in [-0.4, -0.2) is 5.97 Å². The van der Waals surface area contributed by atoms with Gasteiger partial charge < -0.3 is 4.74 Å². The molecule has 14 heavy (non-hydrogen) atoms. The van der Waals surface area contributed by atoms with Gasteiger partial charge in [0.05, 0.1) is 0 Å². The van der Waals surface area contributed by atoms with E-state index in [2.05, 4.69) is 0 Å². The Morgan fingerprint density at radius 2 is 1.93 bits per heavy atom.